The monoisotopic (exact) mass is 354 g/mol. The molecule has 134 valence electrons. The number of piperidine rings is 1. The predicted molar refractivity (Wildman–Crippen MR) is 77.9 cm³/mol. The summed E-state index contributed by atoms with van der Waals surface area (Å²) in [4.78, 5) is 30.0. The minimum absolute atomic E-state index is 0.132. The van der Waals surface area contributed by atoms with Crippen molar-refractivity contribution in [2.24, 2.45) is 5.73 Å². The summed E-state index contributed by atoms with van der Waals surface area (Å²) >= 11 is 0. The molecule has 11 nitrogen and oxygen atoms in total. The van der Waals surface area contributed by atoms with Crippen LogP contribution in [0.15, 0.2) is 0 Å². The Morgan fingerprint density at radius 2 is 2.09 bits per heavy atom. The molecule has 2 atom stereocenters. The summed E-state index contributed by atoms with van der Waals surface area (Å²) in [6, 6.07) is -2.01. The molecule has 1 saturated heterocycles. The number of nitrogens with zero attached hydrogens (tertiary/aromatic N) is 1. The largest absolute Gasteiger partial charge is 0.418 e. The molecule has 0 radical (unpaired) electrons. The average Bonchev–Trinajstić information content (AvgIpc) is 2.51. The van der Waals surface area contributed by atoms with E-state index in [0.29, 0.717) is 19.3 Å². The third-order valence-corrected chi connectivity index (χ3v) is 3.59. The van der Waals surface area contributed by atoms with E-state index >= 15 is 0 Å². The first-order valence-corrected chi connectivity index (χ1v) is 8.50. The van der Waals surface area contributed by atoms with Crippen molar-refractivity contribution < 1.29 is 31.7 Å². The van der Waals surface area contributed by atoms with Crippen molar-refractivity contribution in [2.75, 3.05) is 13.2 Å². The third kappa shape index (κ3) is 7.09. The fourth-order valence-electron chi connectivity index (χ4n) is 2.00. The van der Waals surface area contributed by atoms with Gasteiger partial charge in [-0.25, -0.2) is 10.3 Å². The maximum atomic E-state index is 12.1. The first kappa shape index (κ1) is 19.6. The number of urea groups is 1. The van der Waals surface area contributed by atoms with Gasteiger partial charge in [0, 0.05) is 12.6 Å². The molecule has 12 heteroatoms. The van der Waals surface area contributed by atoms with Gasteiger partial charge in [0.05, 0.1) is 6.61 Å². The van der Waals surface area contributed by atoms with Gasteiger partial charge in [-0.15, -0.1) is 4.28 Å². The number of nitrogens with two attached hydrogens (primary N) is 1. The molecule has 0 aromatic heterocycles. The van der Waals surface area contributed by atoms with E-state index in [2.05, 4.69) is 9.76 Å². The lowest BCUT2D eigenvalue weighted by Gasteiger charge is -2.33. The molecular formula is C11H22N4O7S. The van der Waals surface area contributed by atoms with E-state index in [1.165, 1.54) is 0 Å². The van der Waals surface area contributed by atoms with E-state index < -0.39 is 28.4 Å². The summed E-state index contributed by atoms with van der Waals surface area (Å²) < 4.78 is 33.2. The highest BCUT2D eigenvalue weighted by molar-refractivity contribution is 7.80. The van der Waals surface area contributed by atoms with Gasteiger partial charge in [0.25, 0.3) is 5.91 Å². The Hall–Kier alpha value is -1.47. The van der Waals surface area contributed by atoms with Crippen LogP contribution in [0.25, 0.3) is 0 Å². The predicted octanol–water partition coefficient (Wildman–Crippen LogP) is -0.930. The molecule has 1 aliphatic rings. The van der Waals surface area contributed by atoms with Gasteiger partial charge in [-0.05, 0) is 25.7 Å². The first-order valence-electron chi connectivity index (χ1n) is 7.14. The molecule has 0 saturated carbocycles. The van der Waals surface area contributed by atoms with Gasteiger partial charge in [-0.3, -0.25) is 14.2 Å². The lowest BCUT2D eigenvalue weighted by molar-refractivity contribution is -0.139. The number of hydrogen-bond donors (Lipinski definition) is 4. The molecule has 5 N–H and O–H groups in total. The number of amides is 3. The van der Waals surface area contributed by atoms with Crippen molar-refractivity contribution in [3.8, 4) is 0 Å². The van der Waals surface area contributed by atoms with Gasteiger partial charge in [-0.1, -0.05) is 6.92 Å². The zero-order valence-corrected chi connectivity index (χ0v) is 13.5. The molecule has 0 aromatic rings. The van der Waals surface area contributed by atoms with Crippen LogP contribution in [-0.4, -0.2) is 55.0 Å². The van der Waals surface area contributed by atoms with Crippen molar-refractivity contribution in [1.82, 2.24) is 15.9 Å². The summed E-state index contributed by atoms with van der Waals surface area (Å²) in [6.45, 7) is 2.23. The van der Waals surface area contributed by atoms with Crippen LogP contribution in [0.5, 0.6) is 0 Å². The Labute approximate surface area is 134 Å². The van der Waals surface area contributed by atoms with Crippen LogP contribution in [-0.2, 0) is 24.3 Å². The van der Waals surface area contributed by atoms with Crippen LogP contribution < -0.4 is 16.7 Å². The summed E-state index contributed by atoms with van der Waals surface area (Å²) in [5, 5.41) is 0. The average molecular weight is 354 g/mol. The van der Waals surface area contributed by atoms with Crippen LogP contribution in [0.4, 0.5) is 4.79 Å². The fraction of sp³-hybridized carbons (Fsp3) is 0.818. The lowest BCUT2D eigenvalue weighted by atomic mass is 10.0. The highest BCUT2D eigenvalue weighted by Crippen LogP contribution is 2.17. The minimum Gasteiger partial charge on any atom is -0.326 e. The highest BCUT2D eigenvalue weighted by atomic mass is 32.3. The van der Waals surface area contributed by atoms with Crippen molar-refractivity contribution in [2.45, 2.75) is 44.7 Å². The first-order chi connectivity index (χ1) is 10.7. The second-order valence-electron chi connectivity index (χ2n) is 5.07. The number of hydroxylamine groups is 2. The van der Waals surface area contributed by atoms with Crippen molar-refractivity contribution in [3.05, 3.63) is 0 Å². The summed E-state index contributed by atoms with van der Waals surface area (Å²) in [5.41, 5.74) is 9.44. The lowest BCUT2D eigenvalue weighted by Crippen LogP contribution is -2.55. The fourth-order valence-corrected chi connectivity index (χ4v) is 2.18. The van der Waals surface area contributed by atoms with Gasteiger partial charge in [0.2, 0.25) is 0 Å². The zero-order chi connectivity index (χ0) is 17.5. The maximum Gasteiger partial charge on any atom is 0.418 e. The highest BCUT2D eigenvalue weighted by Gasteiger charge is 2.33. The molecule has 0 spiro atoms. The molecule has 1 aliphatic heterocycles. The minimum atomic E-state index is -4.82. The summed E-state index contributed by atoms with van der Waals surface area (Å²) in [5.74, 6) is -0.546. The Morgan fingerprint density at radius 3 is 2.70 bits per heavy atom. The van der Waals surface area contributed by atoms with Crippen molar-refractivity contribution >= 4 is 22.3 Å². The van der Waals surface area contributed by atoms with Gasteiger partial charge >= 0.3 is 16.4 Å². The van der Waals surface area contributed by atoms with Crippen LogP contribution in [0.1, 0.15) is 32.6 Å². The van der Waals surface area contributed by atoms with Crippen molar-refractivity contribution in [3.63, 3.8) is 0 Å². The molecule has 0 aromatic carbocycles. The number of carbonyl (C=O) groups is 2. The van der Waals surface area contributed by atoms with Crippen LogP contribution in [0.3, 0.4) is 0 Å². The topological polar surface area (TPSA) is 160 Å². The van der Waals surface area contributed by atoms with Crippen molar-refractivity contribution in [1.29, 1.82) is 0 Å². The molecule has 0 aliphatic carbocycles. The summed E-state index contributed by atoms with van der Waals surface area (Å²) in [7, 11) is -4.82. The summed E-state index contributed by atoms with van der Waals surface area (Å²) in [6.07, 6.45) is 2.43. The number of likely N-dealkylation sites (tertiary alicyclic amines) is 1. The standard InChI is InChI=1S/C11H22N4O7S/c1-2-8(12)7-21-13-10(16)9-5-3-4-6-15(9)11(17)14-22-23(18,19)20/h8-9H,2-7,12H2,1H3,(H,13,16)(H,14,17)(H,18,19,20)/t8?,9-/m0/s1. The zero-order valence-electron chi connectivity index (χ0n) is 12.7. The Balaban J connectivity index is 2.56. The van der Waals surface area contributed by atoms with Crippen LogP contribution in [0, 0.1) is 0 Å². The van der Waals surface area contributed by atoms with E-state index in [1.807, 2.05) is 6.92 Å². The van der Waals surface area contributed by atoms with Gasteiger partial charge in [0.1, 0.15) is 6.04 Å². The number of rotatable bonds is 7. The van der Waals surface area contributed by atoms with Crippen LogP contribution in [0.2, 0.25) is 0 Å². The van der Waals surface area contributed by atoms with Crippen LogP contribution >= 0.6 is 0 Å². The van der Waals surface area contributed by atoms with Gasteiger partial charge in [-0.2, -0.15) is 13.9 Å². The molecule has 23 heavy (non-hydrogen) atoms. The Bertz CT molecular complexity index is 513. The SMILES string of the molecule is CCC(N)CONC(=O)[C@@H]1CCCCN1C(=O)NOS(=O)(=O)O. The van der Waals surface area contributed by atoms with Gasteiger partial charge in [0.15, 0.2) is 0 Å². The van der Waals surface area contributed by atoms with Gasteiger partial charge < -0.3 is 10.6 Å². The Kier molecular flexibility index (Phi) is 7.64. The molecule has 1 heterocycles. The molecule has 1 fully saturated rings. The smallest absolute Gasteiger partial charge is 0.326 e. The van der Waals surface area contributed by atoms with E-state index in [-0.39, 0.29) is 19.2 Å². The Morgan fingerprint density at radius 1 is 1.39 bits per heavy atom. The second kappa shape index (κ2) is 8.98. The molecule has 1 unspecified atom stereocenters. The number of hydrogen-bond acceptors (Lipinski definition) is 7. The van der Waals surface area contributed by atoms with E-state index in [4.69, 9.17) is 15.1 Å². The molecular weight excluding hydrogens is 332 g/mol. The second-order valence-corrected chi connectivity index (χ2v) is 6.09. The molecule has 3 amide bonds. The quantitative estimate of drug-likeness (QED) is 0.337. The number of nitrogens with one attached hydrogen (secondary N) is 2. The van der Waals surface area contributed by atoms with E-state index in [1.54, 1.807) is 5.48 Å². The third-order valence-electron chi connectivity index (χ3n) is 3.30. The van der Waals surface area contributed by atoms with E-state index in [0.717, 1.165) is 11.3 Å². The van der Waals surface area contributed by atoms with E-state index in [9.17, 15) is 18.0 Å². The normalized spacial score (nSPS) is 20.0. The molecule has 0 bridgehead atoms. The maximum absolute atomic E-state index is 12.1. The number of carbonyl (C=O) groups excluding carboxylic acids is 2. The molecule has 1 rings (SSSR count).